The highest BCUT2D eigenvalue weighted by Crippen LogP contribution is 2.45. The van der Waals surface area contributed by atoms with E-state index in [1.165, 1.54) is 125 Å². The van der Waals surface area contributed by atoms with Gasteiger partial charge in [-0.1, -0.05) is 166 Å². The van der Waals surface area contributed by atoms with Crippen LogP contribution in [-0.4, -0.2) is 9.13 Å². The molecule has 10 aromatic rings. The van der Waals surface area contributed by atoms with E-state index in [9.17, 15) is 0 Å². The summed E-state index contributed by atoms with van der Waals surface area (Å²) >= 11 is 0. The van der Waals surface area contributed by atoms with Crippen molar-refractivity contribution in [2.45, 2.75) is 52.4 Å². The van der Waals surface area contributed by atoms with Crippen LogP contribution in [0.25, 0.3) is 88.4 Å². The largest absolute Gasteiger partial charge is 0.309 e. The van der Waals surface area contributed by atoms with Crippen LogP contribution in [0.15, 0.2) is 182 Å². The van der Waals surface area contributed by atoms with Gasteiger partial charge in [-0.2, -0.15) is 0 Å². The molecule has 0 radical (unpaired) electrons. The number of hydrogen-bond acceptors (Lipinski definition) is 0. The van der Waals surface area contributed by atoms with E-state index < -0.39 is 0 Å². The van der Waals surface area contributed by atoms with Crippen LogP contribution in [0.1, 0.15) is 50.7 Å². The molecule has 2 heterocycles. The second-order valence-corrected chi connectivity index (χ2v) is 15.8. The molecule has 282 valence electrons. The molecule has 0 aliphatic carbocycles. The summed E-state index contributed by atoms with van der Waals surface area (Å²) in [7, 11) is 0. The summed E-state index contributed by atoms with van der Waals surface area (Å²) in [5.74, 6) is 0. The van der Waals surface area contributed by atoms with Gasteiger partial charge in [0.2, 0.25) is 0 Å². The predicted molar refractivity (Wildman–Crippen MR) is 249 cm³/mol. The SMILES string of the molecule is CCCCc1cccc(-c2ccccc2-n2c3ccccc3c3c4c5ccccc5n(-c5ccc(CCCC)cc5-c5ccc(-c6ccccc6)cc5)c4ccc32)c1. The van der Waals surface area contributed by atoms with E-state index in [2.05, 4.69) is 205 Å². The van der Waals surface area contributed by atoms with Crippen molar-refractivity contribution in [3.05, 3.63) is 193 Å². The Balaban J connectivity index is 1.21. The topological polar surface area (TPSA) is 9.86 Å². The molecule has 2 aromatic heterocycles. The van der Waals surface area contributed by atoms with Crippen molar-refractivity contribution in [2.24, 2.45) is 0 Å². The van der Waals surface area contributed by atoms with E-state index in [1.54, 1.807) is 0 Å². The van der Waals surface area contributed by atoms with Crippen molar-refractivity contribution < 1.29 is 0 Å². The first-order valence-corrected chi connectivity index (χ1v) is 21.1. The zero-order chi connectivity index (χ0) is 39.0. The van der Waals surface area contributed by atoms with Gasteiger partial charge in [-0.3, -0.25) is 0 Å². The number of unbranched alkanes of at least 4 members (excludes halogenated alkanes) is 2. The van der Waals surface area contributed by atoms with Crippen molar-refractivity contribution >= 4 is 43.6 Å². The standard InChI is InChI=1S/C56H48N2/c1-3-5-17-39-19-16-22-44(37-39)45-23-10-13-26-49(45)57-50-27-14-11-24-46(50)55-53(57)35-36-54-56(55)47-25-12-15-28-51(47)58(54)52-34-29-40(18-6-4-2)38-48(52)43-32-30-42(31-33-43)41-20-8-7-9-21-41/h7-16,19-38H,3-6,17-18H2,1-2H3. The van der Waals surface area contributed by atoms with Gasteiger partial charge in [0.25, 0.3) is 0 Å². The molecule has 2 heteroatoms. The van der Waals surface area contributed by atoms with E-state index in [0.29, 0.717) is 0 Å². The Morgan fingerprint density at radius 1 is 0.345 bits per heavy atom. The minimum absolute atomic E-state index is 1.07. The number of aromatic nitrogens is 2. The summed E-state index contributed by atoms with van der Waals surface area (Å²) < 4.78 is 5.03. The molecule has 0 saturated carbocycles. The van der Waals surface area contributed by atoms with Gasteiger partial charge < -0.3 is 9.13 Å². The first-order valence-electron chi connectivity index (χ1n) is 21.1. The Morgan fingerprint density at radius 3 is 1.52 bits per heavy atom. The highest BCUT2D eigenvalue weighted by Gasteiger charge is 2.23. The molecular weight excluding hydrogens is 701 g/mol. The van der Waals surface area contributed by atoms with E-state index in [4.69, 9.17) is 0 Å². The van der Waals surface area contributed by atoms with Gasteiger partial charge in [0.15, 0.2) is 0 Å². The molecule has 0 aliphatic heterocycles. The zero-order valence-corrected chi connectivity index (χ0v) is 33.5. The van der Waals surface area contributed by atoms with Crippen molar-refractivity contribution in [3.8, 4) is 44.8 Å². The van der Waals surface area contributed by atoms with Crippen LogP contribution in [0.4, 0.5) is 0 Å². The highest BCUT2D eigenvalue weighted by atomic mass is 15.0. The summed E-state index contributed by atoms with van der Waals surface area (Å²) in [5, 5.41) is 5.12. The summed E-state index contributed by atoms with van der Waals surface area (Å²) in [5.41, 5.74) is 17.5. The van der Waals surface area contributed by atoms with Crippen LogP contribution in [0.2, 0.25) is 0 Å². The van der Waals surface area contributed by atoms with Crippen LogP contribution in [-0.2, 0) is 12.8 Å². The number of rotatable bonds is 11. The van der Waals surface area contributed by atoms with E-state index >= 15 is 0 Å². The van der Waals surface area contributed by atoms with Gasteiger partial charge in [-0.25, -0.2) is 0 Å². The Bertz CT molecular complexity index is 3070. The summed E-state index contributed by atoms with van der Waals surface area (Å²) in [4.78, 5) is 0. The van der Waals surface area contributed by atoms with Crippen molar-refractivity contribution in [2.75, 3.05) is 0 Å². The molecule has 0 amide bonds. The van der Waals surface area contributed by atoms with Gasteiger partial charge in [0, 0.05) is 32.7 Å². The van der Waals surface area contributed by atoms with E-state index in [0.717, 1.165) is 12.8 Å². The molecule has 0 saturated heterocycles. The molecular formula is C56H48N2. The molecule has 0 fully saturated rings. The quantitative estimate of drug-likeness (QED) is 0.125. The highest BCUT2D eigenvalue weighted by molar-refractivity contribution is 6.29. The molecule has 8 aromatic carbocycles. The second-order valence-electron chi connectivity index (χ2n) is 15.8. The molecule has 2 nitrogen and oxygen atoms in total. The summed E-state index contributed by atoms with van der Waals surface area (Å²) in [6.07, 6.45) is 6.93. The Labute approximate surface area is 341 Å². The van der Waals surface area contributed by atoms with Crippen LogP contribution in [0.5, 0.6) is 0 Å². The van der Waals surface area contributed by atoms with Crippen LogP contribution in [0, 0.1) is 0 Å². The monoisotopic (exact) mass is 748 g/mol. The third kappa shape index (κ3) is 6.21. The lowest BCUT2D eigenvalue weighted by Gasteiger charge is -2.17. The van der Waals surface area contributed by atoms with Gasteiger partial charge in [0.05, 0.1) is 33.4 Å². The fourth-order valence-corrected chi connectivity index (χ4v) is 9.24. The summed E-state index contributed by atoms with van der Waals surface area (Å²) in [6, 6.07) is 67.9. The maximum absolute atomic E-state index is 2.52. The number of benzene rings is 8. The number of hydrogen-bond donors (Lipinski definition) is 0. The minimum atomic E-state index is 1.07. The Hall–Kier alpha value is -6.64. The van der Waals surface area contributed by atoms with E-state index in [-0.39, 0.29) is 0 Å². The van der Waals surface area contributed by atoms with Gasteiger partial charge >= 0.3 is 0 Å². The third-order valence-electron chi connectivity index (χ3n) is 12.1. The molecule has 0 atom stereocenters. The fourth-order valence-electron chi connectivity index (χ4n) is 9.24. The average molecular weight is 749 g/mol. The lowest BCUT2D eigenvalue weighted by atomic mass is 9.96. The lowest BCUT2D eigenvalue weighted by molar-refractivity contribution is 0.795. The maximum atomic E-state index is 2.52. The van der Waals surface area contributed by atoms with Crippen molar-refractivity contribution in [3.63, 3.8) is 0 Å². The Morgan fingerprint density at radius 2 is 0.862 bits per heavy atom. The predicted octanol–water partition coefficient (Wildman–Crippen LogP) is 15.6. The zero-order valence-electron chi connectivity index (χ0n) is 33.5. The first-order chi connectivity index (χ1) is 28.7. The molecule has 10 rings (SSSR count). The molecule has 58 heavy (non-hydrogen) atoms. The fraction of sp³-hybridized carbons (Fsp3) is 0.143. The smallest absolute Gasteiger partial charge is 0.0549 e. The molecule has 0 unspecified atom stereocenters. The summed E-state index contributed by atoms with van der Waals surface area (Å²) in [6.45, 7) is 4.54. The third-order valence-corrected chi connectivity index (χ3v) is 12.1. The number of para-hydroxylation sites is 3. The maximum Gasteiger partial charge on any atom is 0.0549 e. The Kier molecular flexibility index (Phi) is 9.47. The molecule has 0 aliphatic rings. The minimum Gasteiger partial charge on any atom is -0.309 e. The van der Waals surface area contributed by atoms with E-state index in [1.807, 2.05) is 0 Å². The lowest BCUT2D eigenvalue weighted by Crippen LogP contribution is -1.99. The second kappa shape index (κ2) is 15.4. The molecule has 0 bridgehead atoms. The van der Waals surface area contributed by atoms with Crippen LogP contribution in [0.3, 0.4) is 0 Å². The van der Waals surface area contributed by atoms with Gasteiger partial charge in [0.1, 0.15) is 0 Å². The van der Waals surface area contributed by atoms with Crippen LogP contribution < -0.4 is 0 Å². The van der Waals surface area contributed by atoms with Gasteiger partial charge in [-0.15, -0.1) is 0 Å². The number of aryl methyl sites for hydroxylation is 2. The molecule has 0 N–H and O–H groups in total. The average Bonchev–Trinajstić information content (AvgIpc) is 3.81. The normalized spacial score (nSPS) is 11.7. The molecule has 0 spiro atoms. The van der Waals surface area contributed by atoms with Crippen molar-refractivity contribution in [1.29, 1.82) is 0 Å². The van der Waals surface area contributed by atoms with Crippen LogP contribution >= 0.6 is 0 Å². The first kappa shape index (κ1) is 35.8. The number of nitrogens with zero attached hydrogens (tertiary/aromatic N) is 2. The number of fused-ring (bicyclic) bond motifs is 7. The van der Waals surface area contributed by atoms with Crippen molar-refractivity contribution in [1.82, 2.24) is 9.13 Å². The van der Waals surface area contributed by atoms with Gasteiger partial charge in [-0.05, 0) is 102 Å².